The highest BCUT2D eigenvalue weighted by molar-refractivity contribution is 6.04. The van der Waals surface area contributed by atoms with E-state index in [-0.39, 0.29) is 36.4 Å². The Morgan fingerprint density at radius 2 is 1.83 bits per heavy atom. The van der Waals surface area contributed by atoms with E-state index < -0.39 is 6.61 Å². The molecular formula is C25H27F2N3O5. The van der Waals surface area contributed by atoms with E-state index in [1.54, 1.807) is 61.5 Å². The molecule has 186 valence electrons. The van der Waals surface area contributed by atoms with Crippen LogP contribution in [0.3, 0.4) is 0 Å². The van der Waals surface area contributed by atoms with Crippen molar-refractivity contribution >= 4 is 17.5 Å². The molecule has 8 nitrogen and oxygen atoms in total. The number of likely N-dealkylation sites (N-methyl/N-ethyl adjacent to an activating group) is 2. The molecule has 3 rings (SSSR count). The standard InChI is InChI=1S/C25H27F2N3O5/c1-29(15-17-10-11-21(33-3)22(13-17)35-25(26)27)16-23(31)30(2)20-9-5-4-8-19(20)24(32)28-14-18-7-6-12-34-18/h4-13,25H,14-16H2,1-3H3,(H,28,32). The van der Waals surface area contributed by atoms with E-state index in [2.05, 4.69) is 10.1 Å². The number of carbonyl (C=O) groups is 2. The van der Waals surface area contributed by atoms with Gasteiger partial charge in [0.2, 0.25) is 5.91 Å². The first-order chi connectivity index (χ1) is 16.8. The third-order valence-corrected chi connectivity index (χ3v) is 5.19. The monoisotopic (exact) mass is 487 g/mol. The first-order valence-electron chi connectivity index (χ1n) is 10.7. The summed E-state index contributed by atoms with van der Waals surface area (Å²) in [6.07, 6.45) is 1.52. The molecule has 0 aliphatic carbocycles. The van der Waals surface area contributed by atoms with Crippen molar-refractivity contribution < 1.29 is 32.3 Å². The lowest BCUT2D eigenvalue weighted by Gasteiger charge is -2.24. The molecule has 0 unspecified atom stereocenters. The van der Waals surface area contributed by atoms with Crippen molar-refractivity contribution in [3.05, 3.63) is 77.7 Å². The van der Waals surface area contributed by atoms with Gasteiger partial charge in [-0.2, -0.15) is 8.78 Å². The van der Waals surface area contributed by atoms with Gasteiger partial charge in [0.25, 0.3) is 5.91 Å². The van der Waals surface area contributed by atoms with E-state index in [9.17, 15) is 18.4 Å². The van der Waals surface area contributed by atoms with Gasteiger partial charge in [-0.3, -0.25) is 14.5 Å². The van der Waals surface area contributed by atoms with Gasteiger partial charge in [-0.25, -0.2) is 0 Å². The van der Waals surface area contributed by atoms with Gasteiger partial charge in [-0.05, 0) is 49.0 Å². The minimum atomic E-state index is -2.98. The number of amides is 2. The second kappa shape index (κ2) is 12.0. The minimum absolute atomic E-state index is 0.0237. The number of nitrogens with one attached hydrogen (secondary N) is 1. The SMILES string of the molecule is COc1ccc(CN(C)CC(=O)N(C)c2ccccc2C(=O)NCc2ccco2)cc1OC(F)F. The van der Waals surface area contributed by atoms with Gasteiger partial charge in [-0.15, -0.1) is 0 Å². The number of nitrogens with zero attached hydrogens (tertiary/aromatic N) is 2. The molecular weight excluding hydrogens is 460 g/mol. The molecule has 0 atom stereocenters. The zero-order valence-corrected chi connectivity index (χ0v) is 19.7. The van der Waals surface area contributed by atoms with Crippen molar-refractivity contribution in [2.75, 3.05) is 32.6 Å². The van der Waals surface area contributed by atoms with Gasteiger partial charge in [0, 0.05) is 13.6 Å². The quantitative estimate of drug-likeness (QED) is 0.442. The van der Waals surface area contributed by atoms with E-state index in [1.807, 2.05) is 0 Å². The number of hydrogen-bond acceptors (Lipinski definition) is 6. The van der Waals surface area contributed by atoms with E-state index in [0.29, 0.717) is 29.1 Å². The van der Waals surface area contributed by atoms with Crippen LogP contribution in [0.4, 0.5) is 14.5 Å². The Balaban J connectivity index is 1.64. The maximum atomic E-state index is 13.0. The summed E-state index contributed by atoms with van der Waals surface area (Å²) in [7, 11) is 4.69. The van der Waals surface area contributed by atoms with Crippen molar-refractivity contribution in [1.82, 2.24) is 10.2 Å². The van der Waals surface area contributed by atoms with E-state index in [1.165, 1.54) is 30.4 Å². The van der Waals surface area contributed by atoms with Crippen molar-refractivity contribution in [1.29, 1.82) is 0 Å². The van der Waals surface area contributed by atoms with Crippen molar-refractivity contribution in [2.24, 2.45) is 0 Å². The number of hydrogen-bond donors (Lipinski definition) is 1. The summed E-state index contributed by atoms with van der Waals surface area (Å²) in [5.41, 5.74) is 1.47. The molecule has 1 heterocycles. The van der Waals surface area contributed by atoms with E-state index in [0.717, 1.165) is 0 Å². The Hall–Kier alpha value is -3.92. The fraction of sp³-hybridized carbons (Fsp3) is 0.280. The molecule has 0 aliphatic rings. The smallest absolute Gasteiger partial charge is 0.387 e. The Bertz CT molecular complexity index is 1140. The van der Waals surface area contributed by atoms with Crippen LogP contribution in [0.1, 0.15) is 21.7 Å². The van der Waals surface area contributed by atoms with Gasteiger partial charge in [0.05, 0.1) is 37.7 Å². The summed E-state index contributed by atoms with van der Waals surface area (Å²) < 4.78 is 40.2. The molecule has 1 aromatic heterocycles. The fourth-order valence-corrected chi connectivity index (χ4v) is 3.48. The number of benzene rings is 2. The maximum absolute atomic E-state index is 13.0. The highest BCUT2D eigenvalue weighted by atomic mass is 19.3. The van der Waals surface area contributed by atoms with E-state index >= 15 is 0 Å². The second-order valence-corrected chi connectivity index (χ2v) is 7.77. The molecule has 35 heavy (non-hydrogen) atoms. The van der Waals surface area contributed by atoms with E-state index in [4.69, 9.17) is 9.15 Å². The first kappa shape index (κ1) is 25.7. The lowest BCUT2D eigenvalue weighted by Crippen LogP contribution is -2.37. The molecule has 2 amide bonds. The van der Waals surface area contributed by atoms with Gasteiger partial charge in [0.1, 0.15) is 5.76 Å². The number of methoxy groups -OCH3 is 1. The summed E-state index contributed by atoms with van der Waals surface area (Å²) in [4.78, 5) is 28.8. The first-order valence-corrected chi connectivity index (χ1v) is 10.7. The van der Waals surface area contributed by atoms with Crippen LogP contribution in [0.5, 0.6) is 11.5 Å². The van der Waals surface area contributed by atoms with Crippen LogP contribution < -0.4 is 19.7 Å². The molecule has 0 saturated heterocycles. The van der Waals surface area contributed by atoms with Crippen LogP contribution in [0.15, 0.2) is 65.3 Å². The average Bonchev–Trinajstić information content (AvgIpc) is 3.35. The predicted molar refractivity (Wildman–Crippen MR) is 126 cm³/mol. The lowest BCUT2D eigenvalue weighted by atomic mass is 10.1. The van der Waals surface area contributed by atoms with Crippen molar-refractivity contribution in [2.45, 2.75) is 19.7 Å². The molecule has 2 aromatic carbocycles. The maximum Gasteiger partial charge on any atom is 0.387 e. The summed E-state index contributed by atoms with van der Waals surface area (Å²) in [5.74, 6) is 0.134. The topological polar surface area (TPSA) is 84.3 Å². The van der Waals surface area contributed by atoms with Crippen molar-refractivity contribution in [3.63, 3.8) is 0 Å². The zero-order valence-electron chi connectivity index (χ0n) is 19.7. The zero-order chi connectivity index (χ0) is 25.4. The second-order valence-electron chi connectivity index (χ2n) is 7.77. The van der Waals surface area contributed by atoms with Gasteiger partial charge < -0.3 is 24.1 Å². The largest absolute Gasteiger partial charge is 0.493 e. The van der Waals surface area contributed by atoms with Gasteiger partial charge in [-0.1, -0.05) is 18.2 Å². The Morgan fingerprint density at radius 3 is 2.51 bits per heavy atom. The lowest BCUT2D eigenvalue weighted by molar-refractivity contribution is -0.119. The van der Waals surface area contributed by atoms with Crippen LogP contribution in [0.25, 0.3) is 0 Å². The number of anilines is 1. The fourth-order valence-electron chi connectivity index (χ4n) is 3.48. The highest BCUT2D eigenvalue weighted by Gasteiger charge is 2.20. The predicted octanol–water partition coefficient (Wildman–Crippen LogP) is 3.91. The molecule has 1 N–H and O–H groups in total. The number of carbonyl (C=O) groups excluding carboxylic acids is 2. The minimum Gasteiger partial charge on any atom is -0.493 e. The van der Waals surface area contributed by atoms with Crippen LogP contribution in [-0.4, -0.2) is 51.1 Å². The molecule has 0 bridgehead atoms. The number of para-hydroxylation sites is 1. The highest BCUT2D eigenvalue weighted by Crippen LogP contribution is 2.30. The van der Waals surface area contributed by atoms with Crippen LogP contribution in [0.2, 0.25) is 0 Å². The normalized spacial score (nSPS) is 10.9. The molecule has 0 aliphatic heterocycles. The molecule has 0 fully saturated rings. The molecule has 10 heteroatoms. The van der Waals surface area contributed by atoms with Gasteiger partial charge in [0.15, 0.2) is 11.5 Å². The number of alkyl halides is 2. The summed E-state index contributed by atoms with van der Waals surface area (Å²) in [6.45, 7) is -2.44. The number of ether oxygens (including phenoxy) is 2. The molecule has 0 radical (unpaired) electrons. The summed E-state index contributed by atoms with van der Waals surface area (Å²) in [5, 5.41) is 2.78. The Labute approximate surface area is 202 Å². The third-order valence-electron chi connectivity index (χ3n) is 5.19. The van der Waals surface area contributed by atoms with Crippen molar-refractivity contribution in [3.8, 4) is 11.5 Å². The van der Waals surface area contributed by atoms with Gasteiger partial charge >= 0.3 is 6.61 Å². The number of rotatable bonds is 11. The molecule has 0 saturated carbocycles. The Kier molecular flexibility index (Phi) is 8.80. The summed E-state index contributed by atoms with van der Waals surface area (Å²) in [6, 6.07) is 15.0. The van der Waals surface area contributed by atoms with Crippen LogP contribution in [0, 0.1) is 0 Å². The average molecular weight is 488 g/mol. The molecule has 3 aromatic rings. The number of halogens is 2. The molecule has 0 spiro atoms. The number of furan rings is 1. The van der Waals surface area contributed by atoms with Crippen LogP contribution >= 0.6 is 0 Å². The van der Waals surface area contributed by atoms with Crippen LogP contribution in [-0.2, 0) is 17.9 Å². The third kappa shape index (κ3) is 7.03. The summed E-state index contributed by atoms with van der Waals surface area (Å²) >= 11 is 0. The Morgan fingerprint density at radius 1 is 1.06 bits per heavy atom.